The molecule has 2 N–H and O–H groups in total. The van der Waals surface area contributed by atoms with Crippen LogP contribution in [0.5, 0.6) is 0 Å². The Balaban J connectivity index is 2.62. The highest BCUT2D eigenvalue weighted by Gasteiger charge is 2.02. The van der Waals surface area contributed by atoms with Gasteiger partial charge in [-0.1, -0.05) is 0 Å². The number of carbonyl (C=O) groups is 1. The van der Waals surface area contributed by atoms with Crippen molar-refractivity contribution in [2.45, 2.75) is 0 Å². The lowest BCUT2D eigenvalue weighted by Crippen LogP contribution is -1.92. The fraction of sp³-hybridized carbons (Fsp3) is 0. The van der Waals surface area contributed by atoms with E-state index in [9.17, 15) is 4.79 Å². The fourth-order valence-corrected chi connectivity index (χ4v) is 1.02. The van der Waals surface area contributed by atoms with Gasteiger partial charge in [0, 0.05) is 18.6 Å². The lowest BCUT2D eigenvalue weighted by atomic mass is 10.4. The van der Waals surface area contributed by atoms with Crippen LogP contribution in [0.2, 0.25) is 0 Å². The van der Waals surface area contributed by atoms with E-state index in [1.165, 1.54) is 0 Å². The van der Waals surface area contributed by atoms with Gasteiger partial charge in [0.1, 0.15) is 5.52 Å². The molecule has 5 nitrogen and oxygen atoms in total. The second kappa shape index (κ2) is 2.61. The molecule has 0 radical (unpaired) electrons. The summed E-state index contributed by atoms with van der Waals surface area (Å²) in [5.41, 5.74) is 1.99. The van der Waals surface area contributed by atoms with Crippen LogP contribution in [0.1, 0.15) is 0 Å². The van der Waals surface area contributed by atoms with E-state index in [4.69, 9.17) is 0 Å². The molecule has 0 saturated carbocycles. The van der Waals surface area contributed by atoms with Crippen LogP contribution in [0.3, 0.4) is 0 Å². The number of fused-ring (bicyclic) bond motifs is 1. The average molecular weight is 162 g/mol. The molecular weight excluding hydrogens is 156 g/mol. The summed E-state index contributed by atoms with van der Waals surface area (Å²) >= 11 is 0. The Hall–Kier alpha value is -1.91. The number of hydrogen-bond acceptors (Lipinski definition) is 3. The molecule has 2 aromatic rings. The Morgan fingerprint density at radius 1 is 1.42 bits per heavy atom. The Morgan fingerprint density at radius 3 is 3.08 bits per heavy atom. The minimum absolute atomic E-state index is 0.608. The van der Waals surface area contributed by atoms with Crippen molar-refractivity contribution in [2.75, 3.05) is 5.32 Å². The molecule has 0 atom stereocenters. The largest absolute Gasteiger partial charge is 0.343 e. The van der Waals surface area contributed by atoms with E-state index in [1.54, 1.807) is 18.6 Å². The number of nitrogens with one attached hydrogen (secondary N) is 2. The highest BCUT2D eigenvalue weighted by atomic mass is 16.1. The highest BCUT2D eigenvalue weighted by Crippen LogP contribution is 2.16. The number of nitrogens with zero attached hydrogens (tertiary/aromatic N) is 2. The van der Waals surface area contributed by atoms with Crippen LogP contribution in [-0.2, 0) is 4.79 Å². The minimum atomic E-state index is 0.608. The maximum Gasteiger partial charge on any atom is 0.211 e. The molecule has 0 aliphatic rings. The third-order valence-corrected chi connectivity index (χ3v) is 1.52. The van der Waals surface area contributed by atoms with Gasteiger partial charge < -0.3 is 10.3 Å². The summed E-state index contributed by atoms with van der Waals surface area (Å²) in [6.45, 7) is 0. The maximum absolute atomic E-state index is 10.1. The van der Waals surface area contributed by atoms with E-state index in [-0.39, 0.29) is 0 Å². The molecule has 0 spiro atoms. The summed E-state index contributed by atoms with van der Waals surface area (Å²) in [5, 5.41) is 2.52. The average Bonchev–Trinajstić information content (AvgIpc) is 2.50. The Labute approximate surface area is 67.8 Å². The smallest absolute Gasteiger partial charge is 0.211 e. The first-order valence-corrected chi connectivity index (χ1v) is 3.40. The second-order valence-electron chi connectivity index (χ2n) is 2.22. The van der Waals surface area contributed by atoms with Gasteiger partial charge in [-0.25, -0.2) is 9.97 Å². The van der Waals surface area contributed by atoms with Crippen molar-refractivity contribution in [2.24, 2.45) is 0 Å². The van der Waals surface area contributed by atoms with Gasteiger partial charge in [-0.05, 0) is 0 Å². The molecule has 0 aliphatic heterocycles. The van der Waals surface area contributed by atoms with Crippen molar-refractivity contribution in [3.63, 3.8) is 0 Å². The first-order valence-electron chi connectivity index (χ1n) is 3.40. The molecule has 5 heteroatoms. The second-order valence-corrected chi connectivity index (χ2v) is 2.22. The van der Waals surface area contributed by atoms with Crippen molar-refractivity contribution >= 4 is 23.3 Å². The van der Waals surface area contributed by atoms with Crippen molar-refractivity contribution < 1.29 is 4.79 Å². The Bertz CT molecular complexity index is 408. The monoisotopic (exact) mass is 162 g/mol. The van der Waals surface area contributed by atoms with Gasteiger partial charge in [-0.15, -0.1) is 0 Å². The van der Waals surface area contributed by atoms with Gasteiger partial charge >= 0.3 is 0 Å². The fourth-order valence-electron chi connectivity index (χ4n) is 1.02. The van der Waals surface area contributed by atoms with Crippen molar-refractivity contribution in [1.82, 2.24) is 15.0 Å². The SMILES string of the molecule is O=CNc1c[nH]c2nccnc12. The van der Waals surface area contributed by atoms with Crippen LogP contribution in [0.4, 0.5) is 5.69 Å². The molecule has 1 amide bonds. The molecular formula is C7H6N4O. The molecule has 60 valence electrons. The first-order chi connectivity index (χ1) is 5.92. The number of anilines is 1. The van der Waals surface area contributed by atoms with E-state index in [0.29, 0.717) is 23.3 Å². The standard InChI is InChI=1S/C7H6N4O/c12-4-11-5-3-10-7-6(5)8-1-2-9-7/h1-4H,(H,9,10)(H,11,12). The van der Waals surface area contributed by atoms with E-state index >= 15 is 0 Å². The van der Waals surface area contributed by atoms with Gasteiger partial charge in [0.25, 0.3) is 0 Å². The molecule has 0 aliphatic carbocycles. The van der Waals surface area contributed by atoms with Crippen LogP contribution >= 0.6 is 0 Å². The molecule has 0 bridgehead atoms. The van der Waals surface area contributed by atoms with Gasteiger partial charge in [-0.3, -0.25) is 4.79 Å². The third-order valence-electron chi connectivity index (χ3n) is 1.52. The third kappa shape index (κ3) is 0.914. The number of hydrogen-bond donors (Lipinski definition) is 2. The van der Waals surface area contributed by atoms with Crippen LogP contribution < -0.4 is 5.32 Å². The Morgan fingerprint density at radius 2 is 2.25 bits per heavy atom. The van der Waals surface area contributed by atoms with Crippen LogP contribution in [0.15, 0.2) is 18.6 Å². The number of rotatable bonds is 2. The molecule has 2 heterocycles. The summed E-state index contributed by atoms with van der Waals surface area (Å²) in [6, 6.07) is 0. The predicted octanol–water partition coefficient (Wildman–Crippen LogP) is 0.526. The number of aromatic amines is 1. The molecule has 2 aromatic heterocycles. The summed E-state index contributed by atoms with van der Waals surface area (Å²) < 4.78 is 0. The van der Waals surface area contributed by atoms with Crippen LogP contribution in [-0.4, -0.2) is 21.4 Å². The zero-order chi connectivity index (χ0) is 8.39. The summed E-state index contributed by atoms with van der Waals surface area (Å²) in [7, 11) is 0. The lowest BCUT2D eigenvalue weighted by Gasteiger charge is -1.91. The van der Waals surface area contributed by atoms with Gasteiger partial charge in [0.2, 0.25) is 6.41 Å². The summed E-state index contributed by atoms with van der Waals surface area (Å²) in [6.07, 6.45) is 5.42. The van der Waals surface area contributed by atoms with Crippen LogP contribution in [0, 0.1) is 0 Å². The normalized spacial score (nSPS) is 10.0. The molecule has 2 rings (SSSR count). The molecule has 0 aromatic carbocycles. The highest BCUT2D eigenvalue weighted by molar-refractivity contribution is 5.91. The predicted molar refractivity (Wildman–Crippen MR) is 43.6 cm³/mol. The lowest BCUT2D eigenvalue weighted by molar-refractivity contribution is -0.105. The van der Waals surface area contributed by atoms with E-state index < -0.39 is 0 Å². The summed E-state index contributed by atoms with van der Waals surface area (Å²) in [5.74, 6) is 0. The van der Waals surface area contributed by atoms with E-state index in [0.717, 1.165) is 0 Å². The van der Waals surface area contributed by atoms with E-state index in [1.807, 2.05) is 0 Å². The molecule has 12 heavy (non-hydrogen) atoms. The molecule has 0 saturated heterocycles. The summed E-state index contributed by atoms with van der Waals surface area (Å²) in [4.78, 5) is 21.1. The van der Waals surface area contributed by atoms with Gasteiger partial charge in [0.15, 0.2) is 5.65 Å². The number of aromatic nitrogens is 3. The minimum Gasteiger partial charge on any atom is -0.343 e. The zero-order valence-electron chi connectivity index (χ0n) is 6.11. The van der Waals surface area contributed by atoms with Gasteiger partial charge in [-0.2, -0.15) is 0 Å². The van der Waals surface area contributed by atoms with Crippen molar-refractivity contribution in [3.05, 3.63) is 18.6 Å². The number of H-pyrrole nitrogens is 1. The maximum atomic E-state index is 10.1. The van der Waals surface area contributed by atoms with Crippen molar-refractivity contribution in [1.29, 1.82) is 0 Å². The quantitative estimate of drug-likeness (QED) is 0.632. The topological polar surface area (TPSA) is 70.7 Å². The molecule has 0 fully saturated rings. The first kappa shape index (κ1) is 6.78. The number of amides is 1. The van der Waals surface area contributed by atoms with Crippen LogP contribution in [0.25, 0.3) is 11.2 Å². The zero-order valence-corrected chi connectivity index (χ0v) is 6.11. The van der Waals surface area contributed by atoms with Gasteiger partial charge in [0.05, 0.1) is 5.69 Å². The van der Waals surface area contributed by atoms with Crippen molar-refractivity contribution in [3.8, 4) is 0 Å². The number of carbonyl (C=O) groups excluding carboxylic acids is 1. The Kier molecular flexibility index (Phi) is 1.48. The van der Waals surface area contributed by atoms with E-state index in [2.05, 4.69) is 20.3 Å². The molecule has 0 unspecified atom stereocenters.